The van der Waals surface area contributed by atoms with E-state index in [1.54, 1.807) is 6.33 Å². The molecule has 2 aliphatic heterocycles. The summed E-state index contributed by atoms with van der Waals surface area (Å²) in [7, 11) is 1.53. The molecule has 1 aromatic heterocycles. The molecule has 0 aliphatic carbocycles. The maximum absolute atomic E-state index is 12.1. The van der Waals surface area contributed by atoms with E-state index in [1.807, 2.05) is 4.90 Å². The van der Waals surface area contributed by atoms with Gasteiger partial charge in [0.05, 0.1) is 12.1 Å². The number of aliphatic hydroxyl groups is 1. The first-order valence-electron chi connectivity index (χ1n) is 9.03. The summed E-state index contributed by atoms with van der Waals surface area (Å²) in [4.78, 5) is 16.3. The Labute approximate surface area is 148 Å². The first-order valence-corrected chi connectivity index (χ1v) is 9.03. The molecule has 2 fully saturated rings. The number of piperidine rings is 2. The molecule has 25 heavy (non-hydrogen) atoms. The SMILES string of the molecule is COCC(=O)N1CC[C@]2(O)CCN(Cc3nncn3C(C)C)C[C@@H]2C1. The number of carbonyl (C=O) groups excluding carboxylic acids is 1. The topological polar surface area (TPSA) is 83.7 Å². The van der Waals surface area contributed by atoms with Crippen LogP contribution < -0.4 is 0 Å². The summed E-state index contributed by atoms with van der Waals surface area (Å²) in [6.45, 7) is 7.85. The van der Waals surface area contributed by atoms with Gasteiger partial charge in [-0.2, -0.15) is 0 Å². The third-order valence-electron chi connectivity index (χ3n) is 5.54. The van der Waals surface area contributed by atoms with Gasteiger partial charge in [0.15, 0.2) is 0 Å². The average molecular weight is 351 g/mol. The van der Waals surface area contributed by atoms with Crippen molar-refractivity contribution >= 4 is 5.91 Å². The Morgan fingerprint density at radius 3 is 2.88 bits per heavy atom. The summed E-state index contributed by atoms with van der Waals surface area (Å²) >= 11 is 0. The van der Waals surface area contributed by atoms with E-state index in [2.05, 4.69) is 33.5 Å². The lowest BCUT2D eigenvalue weighted by Gasteiger charge is -2.50. The Morgan fingerprint density at radius 1 is 1.40 bits per heavy atom. The van der Waals surface area contributed by atoms with E-state index in [0.717, 1.165) is 31.9 Å². The molecule has 0 aromatic carbocycles. The van der Waals surface area contributed by atoms with Crippen LogP contribution in [-0.4, -0.2) is 81.1 Å². The van der Waals surface area contributed by atoms with Crippen LogP contribution in [0.1, 0.15) is 38.6 Å². The third kappa shape index (κ3) is 3.86. The number of carbonyl (C=O) groups is 1. The molecule has 8 nitrogen and oxygen atoms in total. The Bertz CT molecular complexity index is 605. The van der Waals surface area contributed by atoms with Crippen LogP contribution in [0.2, 0.25) is 0 Å². The van der Waals surface area contributed by atoms with Gasteiger partial charge in [0.2, 0.25) is 5.91 Å². The number of aromatic nitrogens is 3. The maximum atomic E-state index is 12.1. The van der Waals surface area contributed by atoms with Crippen molar-refractivity contribution in [2.75, 3.05) is 39.9 Å². The predicted molar refractivity (Wildman–Crippen MR) is 91.8 cm³/mol. The van der Waals surface area contributed by atoms with E-state index in [4.69, 9.17) is 4.74 Å². The Hall–Kier alpha value is -1.51. The second kappa shape index (κ2) is 7.39. The largest absolute Gasteiger partial charge is 0.389 e. The zero-order valence-electron chi connectivity index (χ0n) is 15.4. The average Bonchev–Trinajstić information content (AvgIpc) is 3.03. The van der Waals surface area contributed by atoms with Crippen molar-refractivity contribution < 1.29 is 14.6 Å². The molecular weight excluding hydrogens is 322 g/mol. The van der Waals surface area contributed by atoms with Gasteiger partial charge in [0.25, 0.3) is 0 Å². The molecular formula is C17H29N5O3. The molecule has 0 saturated carbocycles. The van der Waals surface area contributed by atoms with Gasteiger partial charge in [-0.25, -0.2) is 0 Å². The van der Waals surface area contributed by atoms with Crippen molar-refractivity contribution in [2.45, 2.75) is 44.9 Å². The van der Waals surface area contributed by atoms with Crippen LogP contribution in [0.5, 0.6) is 0 Å². The van der Waals surface area contributed by atoms with Gasteiger partial charge in [-0.05, 0) is 26.7 Å². The number of rotatable bonds is 5. The number of likely N-dealkylation sites (tertiary alicyclic amines) is 2. The summed E-state index contributed by atoms with van der Waals surface area (Å²) in [6.07, 6.45) is 3.15. The molecule has 2 saturated heterocycles. The van der Waals surface area contributed by atoms with Crippen molar-refractivity contribution in [3.05, 3.63) is 12.2 Å². The highest BCUT2D eigenvalue weighted by molar-refractivity contribution is 5.77. The highest BCUT2D eigenvalue weighted by Crippen LogP contribution is 2.35. The summed E-state index contributed by atoms with van der Waals surface area (Å²) in [6, 6.07) is 0.323. The molecule has 1 N–H and O–H groups in total. The van der Waals surface area contributed by atoms with Crippen LogP contribution in [0.3, 0.4) is 0 Å². The van der Waals surface area contributed by atoms with Crippen LogP contribution in [-0.2, 0) is 16.1 Å². The molecule has 0 spiro atoms. The number of hydrogen-bond acceptors (Lipinski definition) is 6. The minimum atomic E-state index is -0.661. The Balaban J connectivity index is 1.65. The van der Waals surface area contributed by atoms with Crippen molar-refractivity contribution in [1.82, 2.24) is 24.6 Å². The molecule has 8 heteroatoms. The maximum Gasteiger partial charge on any atom is 0.248 e. The standard InChI is InChI=1S/C17H29N5O3/c1-13(2)22-12-18-19-15(22)10-20-6-4-17(24)5-7-21(9-14(17)8-20)16(23)11-25-3/h12-14,24H,4-11H2,1-3H3/t14-,17-/m1/s1. The molecule has 0 radical (unpaired) electrons. The van der Waals surface area contributed by atoms with Crippen LogP contribution in [0.25, 0.3) is 0 Å². The number of fused-ring (bicyclic) bond motifs is 1. The molecule has 3 rings (SSSR count). The molecule has 140 valence electrons. The van der Waals surface area contributed by atoms with Gasteiger partial charge in [-0.3, -0.25) is 9.69 Å². The fourth-order valence-corrected chi connectivity index (χ4v) is 3.97. The van der Waals surface area contributed by atoms with E-state index in [9.17, 15) is 9.90 Å². The summed E-state index contributed by atoms with van der Waals surface area (Å²) in [5.74, 6) is 1.01. The third-order valence-corrected chi connectivity index (χ3v) is 5.54. The molecule has 0 unspecified atom stereocenters. The predicted octanol–water partition coefficient (Wildman–Crippen LogP) is 0.291. The minimum Gasteiger partial charge on any atom is -0.389 e. The Morgan fingerprint density at radius 2 is 2.16 bits per heavy atom. The van der Waals surface area contributed by atoms with E-state index in [1.165, 1.54) is 7.11 Å². The first kappa shape index (κ1) is 18.3. The fraction of sp³-hybridized carbons (Fsp3) is 0.824. The highest BCUT2D eigenvalue weighted by Gasteiger charge is 2.45. The normalized spacial score (nSPS) is 27.6. The second-order valence-electron chi connectivity index (χ2n) is 7.56. The molecule has 0 bridgehead atoms. The molecule has 1 amide bonds. The second-order valence-corrected chi connectivity index (χ2v) is 7.56. The van der Waals surface area contributed by atoms with E-state index < -0.39 is 5.60 Å². The van der Waals surface area contributed by atoms with Crippen LogP contribution in [0, 0.1) is 5.92 Å². The Kier molecular flexibility index (Phi) is 5.41. The summed E-state index contributed by atoms with van der Waals surface area (Å²) < 4.78 is 7.04. The lowest BCUT2D eigenvalue weighted by Crippen LogP contribution is -2.60. The van der Waals surface area contributed by atoms with Crippen molar-refractivity contribution in [3.8, 4) is 0 Å². The number of methoxy groups -OCH3 is 1. The van der Waals surface area contributed by atoms with E-state index in [-0.39, 0.29) is 18.4 Å². The smallest absolute Gasteiger partial charge is 0.248 e. The fourth-order valence-electron chi connectivity index (χ4n) is 3.97. The van der Waals surface area contributed by atoms with Crippen molar-refractivity contribution in [3.63, 3.8) is 0 Å². The number of nitrogens with zero attached hydrogens (tertiary/aromatic N) is 5. The lowest BCUT2D eigenvalue weighted by molar-refractivity contribution is -0.150. The molecule has 2 atom stereocenters. The van der Waals surface area contributed by atoms with E-state index in [0.29, 0.717) is 25.6 Å². The van der Waals surface area contributed by atoms with Crippen LogP contribution in [0.15, 0.2) is 6.33 Å². The minimum absolute atomic E-state index is 0.00113. The van der Waals surface area contributed by atoms with Crippen LogP contribution >= 0.6 is 0 Å². The molecule has 3 heterocycles. The zero-order chi connectivity index (χ0) is 18.0. The summed E-state index contributed by atoms with van der Waals surface area (Å²) in [5.41, 5.74) is -0.661. The first-order chi connectivity index (χ1) is 11.9. The zero-order valence-corrected chi connectivity index (χ0v) is 15.4. The van der Waals surface area contributed by atoms with Crippen molar-refractivity contribution in [1.29, 1.82) is 0 Å². The number of ether oxygens (including phenoxy) is 1. The quantitative estimate of drug-likeness (QED) is 0.821. The van der Waals surface area contributed by atoms with E-state index >= 15 is 0 Å². The monoisotopic (exact) mass is 351 g/mol. The van der Waals surface area contributed by atoms with Crippen LogP contribution in [0.4, 0.5) is 0 Å². The van der Waals surface area contributed by atoms with Gasteiger partial charge in [-0.1, -0.05) is 0 Å². The van der Waals surface area contributed by atoms with Gasteiger partial charge in [0, 0.05) is 45.2 Å². The van der Waals surface area contributed by atoms with Gasteiger partial charge in [0.1, 0.15) is 18.8 Å². The highest BCUT2D eigenvalue weighted by atomic mass is 16.5. The lowest BCUT2D eigenvalue weighted by atomic mass is 9.75. The summed E-state index contributed by atoms with van der Waals surface area (Å²) in [5, 5.41) is 19.3. The van der Waals surface area contributed by atoms with Gasteiger partial charge < -0.3 is 19.3 Å². The van der Waals surface area contributed by atoms with Gasteiger partial charge >= 0.3 is 0 Å². The van der Waals surface area contributed by atoms with Crippen molar-refractivity contribution in [2.24, 2.45) is 5.92 Å². The number of amides is 1. The molecule has 1 aromatic rings. The number of hydrogen-bond donors (Lipinski definition) is 1. The molecule has 2 aliphatic rings. The van der Waals surface area contributed by atoms with Gasteiger partial charge in [-0.15, -0.1) is 10.2 Å².